The fourth-order valence-electron chi connectivity index (χ4n) is 3.35. The summed E-state index contributed by atoms with van der Waals surface area (Å²) in [6.45, 7) is 0.0920. The highest BCUT2D eigenvalue weighted by Gasteiger charge is 2.34. The standard InChI is InChI=1S/C29H26NO5P/c31-28(36(34-25-17-9-3-10-18-25)35-26-19-11-4-12-20-26)27(21-23-13-5-1-6-14-23)30-29(32)33-22-24-15-7-2-8-16-24/h1-20,27H,21-22H2,(H,30,32)/t27-/m0/s1. The van der Waals surface area contributed by atoms with Gasteiger partial charge in [0.1, 0.15) is 24.1 Å². The molecule has 36 heavy (non-hydrogen) atoms. The van der Waals surface area contributed by atoms with Crippen LogP contribution < -0.4 is 14.4 Å². The number of ether oxygens (including phenoxy) is 1. The molecule has 1 atom stereocenters. The molecule has 0 aromatic heterocycles. The number of benzene rings is 4. The van der Waals surface area contributed by atoms with Crippen LogP contribution in [0.1, 0.15) is 11.1 Å². The van der Waals surface area contributed by atoms with E-state index in [0.29, 0.717) is 11.5 Å². The SMILES string of the molecule is O=C(N[C@@H](Cc1ccccc1)C(=O)P(Oc1ccccc1)Oc1ccccc1)OCc1ccccc1. The molecule has 182 valence electrons. The Kier molecular flexibility index (Phi) is 9.07. The lowest BCUT2D eigenvalue weighted by Crippen LogP contribution is -2.42. The first-order valence-corrected chi connectivity index (χ1v) is 12.7. The molecule has 0 saturated carbocycles. The molecule has 0 heterocycles. The van der Waals surface area contributed by atoms with E-state index < -0.39 is 20.5 Å². The first-order valence-electron chi connectivity index (χ1n) is 11.5. The van der Waals surface area contributed by atoms with Crippen LogP contribution in [0, 0.1) is 0 Å². The molecule has 0 bridgehead atoms. The third kappa shape index (κ3) is 7.69. The summed E-state index contributed by atoms with van der Waals surface area (Å²) >= 11 is 0. The first-order chi connectivity index (χ1) is 17.7. The molecular weight excluding hydrogens is 473 g/mol. The van der Waals surface area contributed by atoms with Gasteiger partial charge in [-0.3, -0.25) is 4.79 Å². The molecule has 0 unspecified atom stereocenters. The number of amides is 1. The molecule has 0 aliphatic carbocycles. The summed E-state index contributed by atoms with van der Waals surface area (Å²) in [5.41, 5.74) is 1.35. The predicted molar refractivity (Wildman–Crippen MR) is 140 cm³/mol. The van der Waals surface area contributed by atoms with E-state index >= 15 is 0 Å². The number of nitrogens with one attached hydrogen (secondary N) is 1. The molecule has 1 N–H and O–H groups in total. The molecule has 1 amide bonds. The average molecular weight is 500 g/mol. The molecule has 0 spiro atoms. The van der Waals surface area contributed by atoms with Crippen molar-refractivity contribution in [2.24, 2.45) is 0 Å². The molecule has 4 aromatic rings. The Hall–Kier alpha value is -4.15. The lowest BCUT2D eigenvalue weighted by molar-refractivity contribution is -0.114. The number of alkyl carbamates (subject to hydrolysis) is 1. The number of para-hydroxylation sites is 2. The van der Waals surface area contributed by atoms with Crippen LogP contribution in [-0.4, -0.2) is 17.7 Å². The molecule has 6 nitrogen and oxygen atoms in total. The highest BCUT2D eigenvalue weighted by atomic mass is 31.2. The zero-order chi connectivity index (χ0) is 25.0. The summed E-state index contributed by atoms with van der Waals surface area (Å²) in [5, 5.41) is 2.73. The summed E-state index contributed by atoms with van der Waals surface area (Å²) in [7, 11) is -2.10. The smallest absolute Gasteiger partial charge is 0.408 e. The van der Waals surface area contributed by atoms with Gasteiger partial charge in [-0.05, 0) is 35.4 Å². The van der Waals surface area contributed by atoms with Crippen molar-refractivity contribution in [2.75, 3.05) is 0 Å². The van der Waals surface area contributed by atoms with Crippen LogP contribution in [0.15, 0.2) is 121 Å². The summed E-state index contributed by atoms with van der Waals surface area (Å²) in [6, 6.07) is 35.9. The maximum Gasteiger partial charge on any atom is 0.408 e. The third-order valence-electron chi connectivity index (χ3n) is 5.13. The first kappa shape index (κ1) is 25.0. The molecule has 0 fully saturated rings. The van der Waals surface area contributed by atoms with Gasteiger partial charge < -0.3 is 19.1 Å². The fourth-order valence-corrected chi connectivity index (χ4v) is 4.60. The molecule has 0 radical (unpaired) electrons. The largest absolute Gasteiger partial charge is 0.445 e. The Bertz CT molecular complexity index is 1180. The van der Waals surface area contributed by atoms with Gasteiger partial charge in [0.25, 0.3) is 5.52 Å². The van der Waals surface area contributed by atoms with Crippen molar-refractivity contribution in [3.05, 3.63) is 132 Å². The monoisotopic (exact) mass is 499 g/mol. The third-order valence-corrected chi connectivity index (χ3v) is 6.55. The van der Waals surface area contributed by atoms with Crippen molar-refractivity contribution in [1.82, 2.24) is 5.32 Å². The van der Waals surface area contributed by atoms with Crippen molar-refractivity contribution >= 4 is 20.0 Å². The highest BCUT2D eigenvalue weighted by molar-refractivity contribution is 7.67. The van der Waals surface area contributed by atoms with Gasteiger partial charge in [-0.1, -0.05) is 97.1 Å². The minimum atomic E-state index is -2.10. The van der Waals surface area contributed by atoms with Crippen LogP contribution in [0.4, 0.5) is 4.79 Å². The zero-order valence-corrected chi connectivity index (χ0v) is 20.4. The number of rotatable bonds is 11. The zero-order valence-electron chi connectivity index (χ0n) is 19.5. The van der Waals surface area contributed by atoms with Crippen molar-refractivity contribution in [2.45, 2.75) is 19.1 Å². The van der Waals surface area contributed by atoms with Crippen LogP contribution in [0.5, 0.6) is 11.5 Å². The van der Waals surface area contributed by atoms with Crippen molar-refractivity contribution in [1.29, 1.82) is 0 Å². The maximum absolute atomic E-state index is 13.8. The van der Waals surface area contributed by atoms with Crippen molar-refractivity contribution in [3.63, 3.8) is 0 Å². The fraction of sp³-hybridized carbons (Fsp3) is 0.103. The highest BCUT2D eigenvalue weighted by Crippen LogP contribution is 2.42. The summed E-state index contributed by atoms with van der Waals surface area (Å²) in [6.07, 6.45) is -0.433. The second-order valence-electron chi connectivity index (χ2n) is 7.85. The van der Waals surface area contributed by atoms with Gasteiger partial charge in [-0.25, -0.2) is 4.79 Å². The van der Waals surface area contributed by atoms with E-state index in [1.165, 1.54) is 0 Å². The number of hydrogen-bond acceptors (Lipinski definition) is 5. The van der Waals surface area contributed by atoms with Gasteiger partial charge in [-0.15, -0.1) is 0 Å². The average Bonchev–Trinajstić information content (AvgIpc) is 2.93. The van der Waals surface area contributed by atoms with Gasteiger partial charge in [-0.2, -0.15) is 0 Å². The Labute approximate surface area is 211 Å². The van der Waals surface area contributed by atoms with Crippen LogP contribution in [0.25, 0.3) is 0 Å². The molecular formula is C29H26NO5P. The van der Waals surface area contributed by atoms with Crippen LogP contribution in [0.3, 0.4) is 0 Å². The molecule has 0 saturated heterocycles. The second-order valence-corrected chi connectivity index (χ2v) is 9.17. The van der Waals surface area contributed by atoms with Gasteiger partial charge in [0, 0.05) is 6.42 Å². The Morgan fingerprint density at radius 1 is 0.639 bits per heavy atom. The van der Waals surface area contributed by atoms with Gasteiger partial charge in [0.05, 0.1) is 0 Å². The quantitative estimate of drug-likeness (QED) is 0.238. The molecule has 0 aliphatic rings. The Balaban J connectivity index is 1.54. The van der Waals surface area contributed by atoms with E-state index in [1.807, 2.05) is 97.1 Å². The lowest BCUT2D eigenvalue weighted by atomic mass is 10.1. The van der Waals surface area contributed by atoms with Crippen LogP contribution in [0.2, 0.25) is 0 Å². The topological polar surface area (TPSA) is 73.9 Å². The summed E-state index contributed by atoms with van der Waals surface area (Å²) in [4.78, 5) is 26.5. The Morgan fingerprint density at radius 2 is 1.08 bits per heavy atom. The number of carbonyl (C=O) groups is 2. The van der Waals surface area contributed by atoms with E-state index in [4.69, 9.17) is 13.8 Å². The summed E-state index contributed by atoms with van der Waals surface area (Å²) in [5.74, 6) is 0.996. The predicted octanol–water partition coefficient (Wildman–Crippen LogP) is 6.52. The van der Waals surface area contributed by atoms with Crippen molar-refractivity contribution < 1.29 is 23.4 Å². The maximum atomic E-state index is 13.8. The van der Waals surface area contributed by atoms with E-state index in [9.17, 15) is 9.59 Å². The Morgan fingerprint density at radius 3 is 1.58 bits per heavy atom. The van der Waals surface area contributed by atoms with E-state index in [2.05, 4.69) is 5.32 Å². The van der Waals surface area contributed by atoms with E-state index in [-0.39, 0.29) is 18.6 Å². The molecule has 4 rings (SSSR count). The van der Waals surface area contributed by atoms with Gasteiger partial charge in [0.2, 0.25) is 0 Å². The van der Waals surface area contributed by atoms with Crippen molar-refractivity contribution in [3.8, 4) is 11.5 Å². The molecule has 4 aromatic carbocycles. The lowest BCUT2D eigenvalue weighted by Gasteiger charge is -2.23. The molecule has 7 heteroatoms. The van der Waals surface area contributed by atoms with E-state index in [1.54, 1.807) is 24.3 Å². The molecule has 0 aliphatic heterocycles. The minimum absolute atomic E-state index is 0.0920. The van der Waals surface area contributed by atoms with Gasteiger partial charge >= 0.3 is 14.5 Å². The normalized spacial score (nSPS) is 11.4. The van der Waals surface area contributed by atoms with E-state index in [0.717, 1.165) is 11.1 Å². The van der Waals surface area contributed by atoms with Crippen LogP contribution >= 0.6 is 8.38 Å². The number of hydrogen-bond donors (Lipinski definition) is 1. The van der Waals surface area contributed by atoms with Gasteiger partial charge in [0.15, 0.2) is 0 Å². The minimum Gasteiger partial charge on any atom is -0.445 e. The van der Waals surface area contributed by atoms with Crippen LogP contribution in [-0.2, 0) is 22.6 Å². The summed E-state index contributed by atoms with van der Waals surface area (Å²) < 4.78 is 17.4. The second kappa shape index (κ2) is 13.1. The number of carbonyl (C=O) groups excluding carboxylic acids is 2.